The van der Waals surface area contributed by atoms with Gasteiger partial charge in [-0.1, -0.05) is 199 Å². The van der Waals surface area contributed by atoms with Crippen molar-refractivity contribution in [3.8, 4) is 0 Å². The number of benzene rings is 2. The summed E-state index contributed by atoms with van der Waals surface area (Å²) in [5.41, 5.74) is 2.83. The fraction of sp³-hybridized carbons (Fsp3) is 0.762. The van der Waals surface area contributed by atoms with Crippen molar-refractivity contribution in [1.82, 2.24) is 0 Å². The lowest BCUT2D eigenvalue weighted by atomic mass is 9.91. The average molecular weight is 657 g/mol. The highest BCUT2D eigenvalue weighted by Gasteiger charge is 2.13. The molecule has 0 amide bonds. The predicted molar refractivity (Wildman–Crippen MR) is 202 cm³/mol. The molecule has 3 nitrogen and oxygen atoms in total. The quantitative estimate of drug-likeness (QED) is 0.0649. The molecule has 0 aliphatic rings. The Morgan fingerprint density at radius 2 is 0.826 bits per heavy atom. The Balaban J connectivity index is 1.71. The average Bonchev–Trinajstić information content (AvgIpc) is 3.04. The van der Waals surface area contributed by atoms with Crippen LogP contribution in [0.3, 0.4) is 0 Å². The highest BCUT2D eigenvalue weighted by molar-refractivity contribution is 7.85. The highest BCUT2D eigenvalue weighted by atomic mass is 32.2. The van der Waals surface area contributed by atoms with E-state index in [-0.39, 0.29) is 4.90 Å². The van der Waals surface area contributed by atoms with Gasteiger partial charge in [0.25, 0.3) is 10.1 Å². The third kappa shape index (κ3) is 18.8. The molecule has 0 aromatic heterocycles. The molecule has 0 aliphatic heterocycles. The molecule has 264 valence electrons. The third-order valence-electron chi connectivity index (χ3n) is 10.1. The first-order valence-electron chi connectivity index (χ1n) is 20.0. The molecule has 4 heteroatoms. The Morgan fingerprint density at radius 3 is 1.22 bits per heavy atom. The van der Waals surface area contributed by atoms with E-state index in [4.69, 9.17) is 0 Å². The molecule has 2 aromatic carbocycles. The van der Waals surface area contributed by atoms with Crippen molar-refractivity contribution in [3.63, 3.8) is 0 Å². The lowest BCUT2D eigenvalue weighted by molar-refractivity contribution is 0.483. The van der Waals surface area contributed by atoms with E-state index < -0.39 is 10.1 Å². The first kappa shape index (κ1) is 40.8. The van der Waals surface area contributed by atoms with Gasteiger partial charge in [0.05, 0.1) is 4.90 Å². The molecule has 2 aromatic rings. The summed E-state index contributed by atoms with van der Waals surface area (Å²) in [4.78, 5) is -0.0119. The topological polar surface area (TPSA) is 54.4 Å². The van der Waals surface area contributed by atoms with Crippen molar-refractivity contribution in [1.29, 1.82) is 0 Å². The molecule has 0 fully saturated rings. The maximum atomic E-state index is 11.8. The molecule has 46 heavy (non-hydrogen) atoms. The van der Waals surface area contributed by atoms with Crippen LogP contribution in [0.5, 0.6) is 0 Å². The van der Waals surface area contributed by atoms with Crippen LogP contribution in [0.4, 0.5) is 0 Å². The molecule has 1 N–H and O–H groups in total. The SMILES string of the molecule is CCCCCCCCCCCCCCCCc1ccc2cc(S(=O)(=O)O)ccc2c1CCCCCCCCCCCCCCCC. The molecule has 0 atom stereocenters. The second-order valence-corrected chi connectivity index (χ2v) is 15.7. The third-order valence-corrected chi connectivity index (χ3v) is 10.9. The van der Waals surface area contributed by atoms with Gasteiger partial charge in [0, 0.05) is 0 Å². The number of aryl methyl sites for hydroxylation is 2. The normalized spacial score (nSPS) is 12.0. The molecule has 0 unspecified atom stereocenters. The molecule has 0 spiro atoms. The van der Waals surface area contributed by atoms with Gasteiger partial charge in [-0.05, 0) is 59.7 Å². The number of hydrogen-bond acceptors (Lipinski definition) is 2. The van der Waals surface area contributed by atoms with E-state index in [1.165, 1.54) is 191 Å². The first-order valence-corrected chi connectivity index (χ1v) is 21.4. The Bertz CT molecular complexity index is 1120. The van der Waals surface area contributed by atoms with Crippen LogP contribution in [0.15, 0.2) is 35.2 Å². The van der Waals surface area contributed by atoms with Crippen LogP contribution in [-0.2, 0) is 23.0 Å². The largest absolute Gasteiger partial charge is 0.294 e. The molecule has 0 bridgehead atoms. The predicted octanol–water partition coefficient (Wildman–Crippen LogP) is 14.1. The summed E-state index contributed by atoms with van der Waals surface area (Å²) in [7, 11) is -4.20. The van der Waals surface area contributed by atoms with Crippen LogP contribution in [0.2, 0.25) is 0 Å². The summed E-state index contributed by atoms with van der Waals surface area (Å²) in [5.74, 6) is 0. The van der Waals surface area contributed by atoms with Crippen LogP contribution in [0.1, 0.15) is 205 Å². The van der Waals surface area contributed by atoms with Crippen LogP contribution in [0.25, 0.3) is 10.8 Å². The van der Waals surface area contributed by atoms with Crippen molar-refractivity contribution >= 4 is 20.9 Å². The van der Waals surface area contributed by atoms with Gasteiger partial charge in [-0.3, -0.25) is 4.55 Å². The van der Waals surface area contributed by atoms with E-state index in [2.05, 4.69) is 26.0 Å². The van der Waals surface area contributed by atoms with Gasteiger partial charge < -0.3 is 0 Å². The Labute approximate surface area is 285 Å². The minimum atomic E-state index is -4.20. The molecular weight excluding hydrogens is 585 g/mol. The summed E-state index contributed by atoms with van der Waals surface area (Å²) in [6, 6.07) is 9.40. The standard InChI is InChI=1S/C42H72O3S/c1-3-5-7-9-11-13-15-17-19-21-23-25-27-29-31-38-33-34-39-37-40(46(43,44)45)35-36-42(39)41(38)32-30-28-26-24-22-20-18-16-14-12-10-8-6-4-2/h33-37H,3-32H2,1-2H3,(H,43,44,45). The van der Waals surface area contributed by atoms with E-state index in [1.807, 2.05) is 6.07 Å². The number of hydrogen-bond donors (Lipinski definition) is 1. The van der Waals surface area contributed by atoms with Gasteiger partial charge in [0.2, 0.25) is 0 Å². The summed E-state index contributed by atoms with van der Waals surface area (Å²) in [5, 5.41) is 2.07. The minimum Gasteiger partial charge on any atom is -0.282 e. The number of fused-ring (bicyclic) bond motifs is 1. The second kappa shape index (κ2) is 26.6. The van der Waals surface area contributed by atoms with Crippen molar-refractivity contribution in [3.05, 3.63) is 41.5 Å². The van der Waals surface area contributed by atoms with Crippen LogP contribution >= 0.6 is 0 Å². The maximum absolute atomic E-state index is 11.8. The van der Waals surface area contributed by atoms with E-state index in [1.54, 1.807) is 12.1 Å². The monoisotopic (exact) mass is 657 g/mol. The van der Waals surface area contributed by atoms with Gasteiger partial charge in [-0.2, -0.15) is 8.42 Å². The van der Waals surface area contributed by atoms with Gasteiger partial charge in [0.15, 0.2) is 0 Å². The van der Waals surface area contributed by atoms with Gasteiger partial charge in [0.1, 0.15) is 0 Å². The molecule has 0 saturated heterocycles. The minimum absolute atomic E-state index is 0.0119. The van der Waals surface area contributed by atoms with E-state index in [0.717, 1.165) is 23.6 Å². The lowest BCUT2D eigenvalue weighted by Gasteiger charge is -2.14. The molecule has 2 rings (SSSR count). The molecule has 0 radical (unpaired) electrons. The zero-order valence-corrected chi connectivity index (χ0v) is 31.1. The Kier molecular flexibility index (Phi) is 23.5. The smallest absolute Gasteiger partial charge is 0.282 e. The number of unbranched alkanes of at least 4 members (excludes halogenated alkanes) is 26. The van der Waals surface area contributed by atoms with E-state index in [0.29, 0.717) is 0 Å². The van der Waals surface area contributed by atoms with Crippen LogP contribution in [-0.4, -0.2) is 13.0 Å². The molecule has 0 heterocycles. The Morgan fingerprint density at radius 1 is 0.457 bits per heavy atom. The van der Waals surface area contributed by atoms with E-state index >= 15 is 0 Å². The lowest BCUT2D eigenvalue weighted by Crippen LogP contribution is -2.00. The van der Waals surface area contributed by atoms with Crippen molar-refractivity contribution < 1.29 is 13.0 Å². The zero-order valence-electron chi connectivity index (χ0n) is 30.3. The molecular formula is C42H72O3S. The van der Waals surface area contributed by atoms with Gasteiger partial charge in [-0.15, -0.1) is 0 Å². The summed E-state index contributed by atoms with van der Waals surface area (Å²) >= 11 is 0. The first-order chi connectivity index (χ1) is 22.5. The van der Waals surface area contributed by atoms with Crippen molar-refractivity contribution in [2.24, 2.45) is 0 Å². The maximum Gasteiger partial charge on any atom is 0.294 e. The van der Waals surface area contributed by atoms with Gasteiger partial charge >= 0.3 is 0 Å². The summed E-state index contributed by atoms with van der Waals surface area (Å²) < 4.78 is 33.1. The van der Waals surface area contributed by atoms with Crippen LogP contribution < -0.4 is 0 Å². The fourth-order valence-corrected chi connectivity index (χ4v) is 7.63. The molecule has 0 aliphatic carbocycles. The Hall–Kier alpha value is -1.39. The van der Waals surface area contributed by atoms with Crippen LogP contribution in [0, 0.1) is 0 Å². The highest BCUT2D eigenvalue weighted by Crippen LogP contribution is 2.29. The second-order valence-electron chi connectivity index (χ2n) is 14.3. The van der Waals surface area contributed by atoms with Crippen molar-refractivity contribution in [2.45, 2.75) is 211 Å². The summed E-state index contributed by atoms with van der Waals surface area (Å²) in [6.45, 7) is 4.57. The number of rotatable bonds is 31. The fourth-order valence-electron chi connectivity index (χ4n) is 7.11. The van der Waals surface area contributed by atoms with E-state index in [9.17, 15) is 13.0 Å². The summed E-state index contributed by atoms with van der Waals surface area (Å²) in [6.07, 6.45) is 40.5. The van der Waals surface area contributed by atoms with Gasteiger partial charge in [-0.25, -0.2) is 0 Å². The molecule has 0 saturated carbocycles. The zero-order chi connectivity index (χ0) is 33.1. The van der Waals surface area contributed by atoms with Crippen molar-refractivity contribution in [2.75, 3.05) is 0 Å².